The van der Waals surface area contributed by atoms with Gasteiger partial charge in [-0.25, -0.2) is 0 Å². The van der Waals surface area contributed by atoms with Crippen molar-refractivity contribution in [2.24, 2.45) is 0 Å². The van der Waals surface area contributed by atoms with Crippen LogP contribution in [0.2, 0.25) is 0 Å². The molecule has 0 spiro atoms. The minimum Gasteiger partial charge on any atom is -0.464 e. The first-order chi connectivity index (χ1) is 8.45. The van der Waals surface area contributed by atoms with Crippen molar-refractivity contribution in [2.45, 2.75) is 0 Å². The second-order valence-electron chi connectivity index (χ2n) is 4.11. The van der Waals surface area contributed by atoms with Crippen LogP contribution >= 0.6 is 0 Å². The van der Waals surface area contributed by atoms with Crippen LogP contribution in [0.3, 0.4) is 0 Å². The highest BCUT2D eigenvalue weighted by molar-refractivity contribution is 6.22. The lowest BCUT2D eigenvalue weighted by molar-refractivity contribution is 0.619. The standard InChI is InChI=1S/C15H9NO/c1-2-5-12-10(4-1)14-11(6-3-8-16-14)13-7-9-17-15(12)13/h1-9H. The van der Waals surface area contributed by atoms with Crippen molar-refractivity contribution >= 4 is 32.6 Å². The molecule has 0 unspecified atom stereocenters. The fourth-order valence-electron chi connectivity index (χ4n) is 2.45. The van der Waals surface area contributed by atoms with Crippen molar-refractivity contribution < 1.29 is 4.42 Å². The van der Waals surface area contributed by atoms with Gasteiger partial charge in [0.05, 0.1) is 11.8 Å². The van der Waals surface area contributed by atoms with E-state index in [1.165, 1.54) is 0 Å². The minimum atomic E-state index is 0.945. The van der Waals surface area contributed by atoms with Crippen LogP contribution < -0.4 is 0 Å². The Kier molecular flexibility index (Phi) is 1.59. The normalized spacial score (nSPS) is 11.5. The molecule has 0 amide bonds. The molecule has 0 aliphatic heterocycles. The molecule has 0 saturated heterocycles. The van der Waals surface area contributed by atoms with E-state index in [1.807, 2.05) is 30.5 Å². The van der Waals surface area contributed by atoms with E-state index in [-0.39, 0.29) is 0 Å². The predicted molar refractivity (Wildman–Crippen MR) is 69.0 cm³/mol. The molecule has 4 aromatic rings. The third kappa shape index (κ3) is 1.07. The quantitative estimate of drug-likeness (QED) is 0.415. The third-order valence-electron chi connectivity index (χ3n) is 3.19. The Labute approximate surface area is 97.5 Å². The molecule has 2 heterocycles. The van der Waals surface area contributed by atoms with Gasteiger partial charge in [-0.1, -0.05) is 30.3 Å². The molecule has 0 aliphatic carbocycles. The van der Waals surface area contributed by atoms with E-state index in [2.05, 4.69) is 23.2 Å². The third-order valence-corrected chi connectivity index (χ3v) is 3.19. The molecule has 4 rings (SSSR count). The van der Waals surface area contributed by atoms with Gasteiger partial charge in [0.1, 0.15) is 5.58 Å². The van der Waals surface area contributed by atoms with Gasteiger partial charge in [0.15, 0.2) is 0 Å². The van der Waals surface area contributed by atoms with Gasteiger partial charge in [-0.05, 0) is 12.1 Å². The second kappa shape index (κ2) is 3.08. The summed E-state index contributed by atoms with van der Waals surface area (Å²) in [5.41, 5.74) is 1.98. The van der Waals surface area contributed by atoms with E-state index in [4.69, 9.17) is 4.42 Å². The molecular weight excluding hydrogens is 210 g/mol. The maximum Gasteiger partial charge on any atom is 0.142 e. The first-order valence-corrected chi connectivity index (χ1v) is 5.58. The average Bonchev–Trinajstić information content (AvgIpc) is 2.89. The van der Waals surface area contributed by atoms with E-state index in [9.17, 15) is 0 Å². The summed E-state index contributed by atoms with van der Waals surface area (Å²) in [4.78, 5) is 4.50. The van der Waals surface area contributed by atoms with Gasteiger partial charge in [0.2, 0.25) is 0 Å². The number of nitrogens with zero attached hydrogens (tertiary/aromatic N) is 1. The lowest BCUT2D eigenvalue weighted by atomic mass is 10.0. The zero-order valence-corrected chi connectivity index (χ0v) is 9.05. The number of fused-ring (bicyclic) bond motifs is 6. The van der Waals surface area contributed by atoms with Crippen molar-refractivity contribution in [2.75, 3.05) is 0 Å². The SMILES string of the molecule is c1ccc2c(c1)c1ncccc1c1ccoc21. The Morgan fingerprint density at radius 1 is 0.765 bits per heavy atom. The van der Waals surface area contributed by atoms with Crippen molar-refractivity contribution in [3.05, 3.63) is 54.9 Å². The number of hydrogen-bond donors (Lipinski definition) is 0. The minimum absolute atomic E-state index is 0.945. The van der Waals surface area contributed by atoms with Gasteiger partial charge in [0.25, 0.3) is 0 Å². The summed E-state index contributed by atoms with van der Waals surface area (Å²) in [6.45, 7) is 0. The zero-order valence-electron chi connectivity index (χ0n) is 9.05. The monoisotopic (exact) mass is 219 g/mol. The average molecular weight is 219 g/mol. The number of aromatic nitrogens is 1. The van der Waals surface area contributed by atoms with Gasteiger partial charge in [-0.2, -0.15) is 0 Å². The maximum absolute atomic E-state index is 5.61. The maximum atomic E-state index is 5.61. The summed E-state index contributed by atoms with van der Waals surface area (Å²) in [6, 6.07) is 14.3. The van der Waals surface area contributed by atoms with E-state index in [0.717, 1.165) is 32.6 Å². The summed E-state index contributed by atoms with van der Waals surface area (Å²) < 4.78 is 5.61. The zero-order chi connectivity index (χ0) is 11.2. The van der Waals surface area contributed by atoms with Crippen molar-refractivity contribution in [3.63, 3.8) is 0 Å². The molecule has 0 fully saturated rings. The van der Waals surface area contributed by atoms with Crippen molar-refractivity contribution in [1.82, 2.24) is 4.98 Å². The van der Waals surface area contributed by atoms with Crippen LogP contribution in [-0.4, -0.2) is 4.98 Å². The Bertz CT molecular complexity index is 775. The number of furan rings is 1. The molecule has 0 saturated carbocycles. The molecule has 17 heavy (non-hydrogen) atoms. The molecule has 0 bridgehead atoms. The molecule has 2 aromatic heterocycles. The molecule has 2 nitrogen and oxygen atoms in total. The van der Waals surface area contributed by atoms with Gasteiger partial charge < -0.3 is 4.42 Å². The van der Waals surface area contributed by atoms with Crippen LogP contribution in [-0.2, 0) is 0 Å². The van der Waals surface area contributed by atoms with E-state index in [1.54, 1.807) is 6.26 Å². The van der Waals surface area contributed by atoms with E-state index in [0.29, 0.717) is 0 Å². The highest BCUT2D eigenvalue weighted by Gasteiger charge is 2.10. The lowest BCUT2D eigenvalue weighted by Gasteiger charge is -2.04. The molecular formula is C15H9NO. The number of benzene rings is 2. The number of hydrogen-bond acceptors (Lipinski definition) is 2. The summed E-state index contributed by atoms with van der Waals surface area (Å²) >= 11 is 0. The van der Waals surface area contributed by atoms with Crippen LogP contribution in [0.4, 0.5) is 0 Å². The summed E-state index contributed by atoms with van der Waals surface area (Å²) in [6.07, 6.45) is 3.57. The number of pyridine rings is 1. The topological polar surface area (TPSA) is 26.0 Å². The summed E-state index contributed by atoms with van der Waals surface area (Å²) in [7, 11) is 0. The molecule has 0 radical (unpaired) electrons. The fourth-order valence-corrected chi connectivity index (χ4v) is 2.45. The van der Waals surface area contributed by atoms with Crippen molar-refractivity contribution in [1.29, 1.82) is 0 Å². The Morgan fingerprint density at radius 3 is 2.35 bits per heavy atom. The largest absolute Gasteiger partial charge is 0.464 e. The van der Waals surface area contributed by atoms with E-state index >= 15 is 0 Å². The van der Waals surface area contributed by atoms with Crippen LogP contribution in [0.5, 0.6) is 0 Å². The highest BCUT2D eigenvalue weighted by Crippen LogP contribution is 2.33. The molecule has 2 heteroatoms. The van der Waals surface area contributed by atoms with Crippen LogP contribution in [0.25, 0.3) is 32.6 Å². The second-order valence-corrected chi connectivity index (χ2v) is 4.11. The first kappa shape index (κ1) is 8.76. The molecule has 80 valence electrons. The summed E-state index contributed by atoms with van der Waals surface area (Å²) in [5.74, 6) is 0. The molecule has 0 aliphatic rings. The van der Waals surface area contributed by atoms with E-state index < -0.39 is 0 Å². The van der Waals surface area contributed by atoms with Crippen molar-refractivity contribution in [3.8, 4) is 0 Å². The smallest absolute Gasteiger partial charge is 0.142 e. The van der Waals surface area contributed by atoms with Gasteiger partial charge in [-0.15, -0.1) is 0 Å². The predicted octanol–water partition coefficient (Wildman–Crippen LogP) is 4.13. The highest BCUT2D eigenvalue weighted by atomic mass is 16.3. The van der Waals surface area contributed by atoms with Gasteiger partial charge in [-0.3, -0.25) is 4.98 Å². The molecule has 0 atom stereocenters. The Hall–Kier alpha value is -2.35. The fraction of sp³-hybridized carbons (Fsp3) is 0. The van der Waals surface area contributed by atoms with Gasteiger partial charge >= 0.3 is 0 Å². The van der Waals surface area contributed by atoms with Gasteiger partial charge in [0, 0.05) is 27.7 Å². The number of rotatable bonds is 0. The molecule has 2 aromatic carbocycles. The lowest BCUT2D eigenvalue weighted by Crippen LogP contribution is -1.82. The Morgan fingerprint density at radius 2 is 1.47 bits per heavy atom. The Balaban J connectivity index is 2.48. The van der Waals surface area contributed by atoms with Crippen LogP contribution in [0.1, 0.15) is 0 Å². The van der Waals surface area contributed by atoms with Crippen LogP contribution in [0, 0.1) is 0 Å². The molecule has 0 N–H and O–H groups in total. The van der Waals surface area contributed by atoms with Crippen LogP contribution in [0.15, 0.2) is 59.3 Å². The summed E-state index contributed by atoms with van der Waals surface area (Å²) in [5, 5.41) is 4.55. The first-order valence-electron chi connectivity index (χ1n) is 5.58.